The van der Waals surface area contributed by atoms with E-state index in [-0.39, 0.29) is 17.2 Å². The van der Waals surface area contributed by atoms with Gasteiger partial charge < -0.3 is 19.8 Å². The molecule has 0 spiro atoms. The molecule has 0 aliphatic heterocycles. The third kappa shape index (κ3) is 7.16. The Morgan fingerprint density at radius 1 is 0.740 bits per heavy atom. The fourth-order valence-corrected chi connectivity index (χ4v) is 6.68. The summed E-state index contributed by atoms with van der Waals surface area (Å²) in [5.41, 5.74) is 7.29. The molecule has 0 unspecified atom stereocenters. The molecular formula is C42H32N2O5S. The number of nitrogens with one attached hydrogen (secondary N) is 2. The number of ketones is 1. The second-order valence-electron chi connectivity index (χ2n) is 11.7. The van der Waals surface area contributed by atoms with Crippen LogP contribution in [0.15, 0.2) is 148 Å². The molecule has 7 nitrogen and oxygen atoms in total. The number of ether oxygens (including phenoxy) is 1. The van der Waals surface area contributed by atoms with Gasteiger partial charge in [-0.3, -0.25) is 14.4 Å². The second kappa shape index (κ2) is 14.6. The van der Waals surface area contributed by atoms with Gasteiger partial charge in [0.15, 0.2) is 5.78 Å². The molecule has 50 heavy (non-hydrogen) atoms. The summed E-state index contributed by atoms with van der Waals surface area (Å²) in [6.07, 6.45) is 2.33. The number of anilines is 1. The van der Waals surface area contributed by atoms with Crippen molar-refractivity contribution in [2.75, 3.05) is 18.2 Å². The van der Waals surface area contributed by atoms with Crippen LogP contribution in [0.2, 0.25) is 0 Å². The molecule has 1 aromatic heterocycles. The number of hydrogen-bond acceptors (Lipinski definition) is 6. The summed E-state index contributed by atoms with van der Waals surface area (Å²) in [6.45, 7) is 0. The lowest BCUT2D eigenvalue weighted by Crippen LogP contribution is -2.30. The Morgan fingerprint density at radius 3 is 2.26 bits per heavy atom. The molecule has 246 valence electrons. The van der Waals surface area contributed by atoms with E-state index >= 15 is 0 Å². The van der Waals surface area contributed by atoms with E-state index in [1.807, 2.05) is 72.8 Å². The molecule has 2 amide bonds. The van der Waals surface area contributed by atoms with Gasteiger partial charge in [-0.25, -0.2) is 0 Å². The average molecular weight is 677 g/mol. The highest BCUT2D eigenvalue weighted by atomic mass is 32.2. The van der Waals surface area contributed by atoms with Gasteiger partial charge in [-0.15, -0.1) is 11.8 Å². The zero-order valence-corrected chi connectivity index (χ0v) is 28.0. The molecule has 0 atom stereocenters. The molecule has 2 N–H and O–H groups in total. The number of carbonyl (C=O) groups is 3. The van der Waals surface area contributed by atoms with E-state index in [4.69, 9.17) is 9.15 Å². The van der Waals surface area contributed by atoms with Crippen LogP contribution >= 0.6 is 11.8 Å². The molecule has 5 aromatic carbocycles. The molecule has 1 aliphatic carbocycles. The number of fused-ring (bicyclic) bond motifs is 3. The summed E-state index contributed by atoms with van der Waals surface area (Å²) in [4.78, 5) is 40.6. The lowest BCUT2D eigenvalue weighted by molar-refractivity contribution is -0.113. The Morgan fingerprint density at radius 2 is 1.46 bits per heavy atom. The van der Waals surface area contributed by atoms with E-state index in [0.29, 0.717) is 34.1 Å². The molecular weight excluding hydrogens is 645 g/mol. The fraction of sp³-hybridized carbons (Fsp3) is 0.0714. The monoisotopic (exact) mass is 676 g/mol. The Balaban J connectivity index is 1.03. The molecule has 1 aliphatic rings. The average Bonchev–Trinajstić information content (AvgIpc) is 3.78. The van der Waals surface area contributed by atoms with Gasteiger partial charge in [0.25, 0.3) is 11.8 Å². The van der Waals surface area contributed by atoms with Crippen molar-refractivity contribution in [2.45, 2.75) is 11.3 Å². The van der Waals surface area contributed by atoms with Gasteiger partial charge >= 0.3 is 0 Å². The maximum atomic E-state index is 13.6. The van der Waals surface area contributed by atoms with E-state index in [1.54, 1.807) is 55.6 Å². The first-order valence-corrected chi connectivity index (χ1v) is 17.0. The van der Waals surface area contributed by atoms with Crippen LogP contribution in [0.25, 0.3) is 28.5 Å². The minimum Gasteiger partial charge on any atom is -0.496 e. The van der Waals surface area contributed by atoms with E-state index in [2.05, 4.69) is 22.8 Å². The molecule has 0 fully saturated rings. The minimum absolute atomic E-state index is 0.00118. The first-order valence-electron chi connectivity index (χ1n) is 16.0. The highest BCUT2D eigenvalue weighted by molar-refractivity contribution is 8.00. The van der Waals surface area contributed by atoms with Crippen LogP contribution in [0.1, 0.15) is 37.6 Å². The van der Waals surface area contributed by atoms with Crippen molar-refractivity contribution in [3.05, 3.63) is 167 Å². The number of benzene rings is 5. The minimum atomic E-state index is -0.529. The molecule has 0 saturated heterocycles. The number of methoxy groups -OCH3 is 1. The highest BCUT2D eigenvalue weighted by Gasteiger charge is 2.20. The summed E-state index contributed by atoms with van der Waals surface area (Å²) in [5, 5.41) is 5.60. The van der Waals surface area contributed by atoms with Crippen LogP contribution in [0.4, 0.5) is 5.69 Å². The van der Waals surface area contributed by atoms with Crippen molar-refractivity contribution in [1.29, 1.82) is 0 Å². The molecule has 7 rings (SSSR count). The first-order chi connectivity index (χ1) is 24.4. The number of Topliss-reactive ketones (excluding diaryl/α,β-unsaturated/α-hetero) is 1. The summed E-state index contributed by atoms with van der Waals surface area (Å²) in [5.74, 6) is 0.947. The van der Waals surface area contributed by atoms with E-state index in [0.717, 1.165) is 16.9 Å². The topological polar surface area (TPSA) is 97.6 Å². The van der Waals surface area contributed by atoms with Gasteiger partial charge in [0, 0.05) is 27.8 Å². The predicted molar refractivity (Wildman–Crippen MR) is 197 cm³/mol. The van der Waals surface area contributed by atoms with Crippen molar-refractivity contribution in [3.63, 3.8) is 0 Å². The van der Waals surface area contributed by atoms with Gasteiger partial charge in [-0.2, -0.15) is 0 Å². The standard InChI is InChI=1S/C42H32N2O5S/c1-48-39-14-8-7-13-36(39)40-22-18-32(49-40)25-37(44-41(46)27-9-3-2-4-10-27)42(47)43-31-16-19-33(20-17-31)50-26-38(45)29-15-21-35-30(24-29)23-28-11-5-6-12-34(28)35/h2-22,24-25H,23,26H2,1H3,(H,43,47)(H,44,46)/b37-25-. The Bertz CT molecular complexity index is 2240. The van der Waals surface area contributed by atoms with Crippen LogP contribution < -0.4 is 15.4 Å². The van der Waals surface area contributed by atoms with Gasteiger partial charge in [0.2, 0.25) is 0 Å². The van der Waals surface area contributed by atoms with E-state index in [9.17, 15) is 14.4 Å². The number of amides is 2. The number of para-hydroxylation sites is 1. The first kappa shape index (κ1) is 32.4. The molecule has 0 bridgehead atoms. The van der Waals surface area contributed by atoms with Gasteiger partial charge in [0.05, 0.1) is 18.4 Å². The summed E-state index contributed by atoms with van der Waals surface area (Å²) < 4.78 is 11.5. The number of hydrogen-bond donors (Lipinski definition) is 2. The molecule has 0 radical (unpaired) electrons. The molecule has 6 aromatic rings. The summed E-state index contributed by atoms with van der Waals surface area (Å²) in [7, 11) is 1.59. The Kier molecular flexibility index (Phi) is 9.44. The normalized spacial score (nSPS) is 11.7. The van der Waals surface area contributed by atoms with Gasteiger partial charge in [-0.05, 0) is 95.4 Å². The van der Waals surface area contributed by atoms with Crippen molar-refractivity contribution < 1.29 is 23.5 Å². The zero-order chi connectivity index (χ0) is 34.5. The molecule has 8 heteroatoms. The predicted octanol–water partition coefficient (Wildman–Crippen LogP) is 8.91. The van der Waals surface area contributed by atoms with Gasteiger partial charge in [0.1, 0.15) is 23.0 Å². The molecule has 0 saturated carbocycles. The van der Waals surface area contributed by atoms with Crippen molar-refractivity contribution in [1.82, 2.24) is 5.32 Å². The fourth-order valence-electron chi connectivity index (χ4n) is 5.89. The highest BCUT2D eigenvalue weighted by Crippen LogP contribution is 2.37. The molecule has 1 heterocycles. The van der Waals surface area contributed by atoms with Crippen LogP contribution in [0.5, 0.6) is 5.75 Å². The largest absolute Gasteiger partial charge is 0.496 e. The third-order valence-corrected chi connectivity index (χ3v) is 9.42. The van der Waals surface area contributed by atoms with Crippen molar-refractivity contribution in [2.24, 2.45) is 0 Å². The number of thioether (sulfide) groups is 1. The maximum Gasteiger partial charge on any atom is 0.272 e. The number of furan rings is 1. The second-order valence-corrected chi connectivity index (χ2v) is 12.7. The van der Waals surface area contributed by atoms with Gasteiger partial charge in [-0.1, -0.05) is 66.7 Å². The number of rotatable bonds is 11. The summed E-state index contributed by atoms with van der Waals surface area (Å²) >= 11 is 1.44. The Labute approximate surface area is 294 Å². The Hall–Kier alpha value is -6.12. The van der Waals surface area contributed by atoms with E-state index in [1.165, 1.54) is 40.1 Å². The van der Waals surface area contributed by atoms with Crippen molar-refractivity contribution >= 4 is 41.1 Å². The van der Waals surface area contributed by atoms with Crippen LogP contribution in [-0.2, 0) is 11.2 Å². The van der Waals surface area contributed by atoms with Crippen LogP contribution in [-0.4, -0.2) is 30.5 Å². The SMILES string of the molecule is COc1ccccc1-c1ccc(/C=C(\NC(=O)c2ccccc2)C(=O)Nc2ccc(SCC(=O)c3ccc4c(c3)Cc3ccccc3-4)cc2)o1. The summed E-state index contributed by atoms with van der Waals surface area (Å²) in [6, 6.07) is 41.2. The van der Waals surface area contributed by atoms with Crippen LogP contribution in [0.3, 0.4) is 0 Å². The smallest absolute Gasteiger partial charge is 0.272 e. The number of carbonyl (C=O) groups excluding carboxylic acids is 3. The van der Waals surface area contributed by atoms with Crippen LogP contribution in [0, 0.1) is 0 Å². The quantitative estimate of drug-likeness (QED) is 0.0807. The third-order valence-electron chi connectivity index (χ3n) is 8.41. The van der Waals surface area contributed by atoms with Crippen molar-refractivity contribution in [3.8, 4) is 28.2 Å². The van der Waals surface area contributed by atoms with E-state index < -0.39 is 11.8 Å². The zero-order valence-electron chi connectivity index (χ0n) is 27.1. The lowest BCUT2D eigenvalue weighted by atomic mass is 10.0. The maximum absolute atomic E-state index is 13.6. The lowest BCUT2D eigenvalue weighted by Gasteiger charge is -2.11.